The quantitative estimate of drug-likeness (QED) is 0.673. The first-order chi connectivity index (χ1) is 7.25. The molecule has 9 heteroatoms. The molecule has 0 aliphatic carbocycles. The zero-order valence-electron chi connectivity index (χ0n) is 8.15. The summed E-state index contributed by atoms with van der Waals surface area (Å²) in [5, 5.41) is -2.40. The molecule has 0 spiro atoms. The van der Waals surface area contributed by atoms with E-state index in [1.807, 2.05) is 5.32 Å². The number of rotatable bonds is 5. The normalized spacial score (nSPS) is 18.7. The summed E-state index contributed by atoms with van der Waals surface area (Å²) in [6.45, 7) is 3.35. The third-order valence-corrected chi connectivity index (χ3v) is 2.74. The summed E-state index contributed by atoms with van der Waals surface area (Å²) < 4.78 is 64.6. The van der Waals surface area contributed by atoms with Crippen LogP contribution in [0.25, 0.3) is 0 Å². The molecule has 0 atom stereocenters. The summed E-state index contributed by atoms with van der Waals surface area (Å²) in [7, 11) is -5.52. The lowest BCUT2D eigenvalue weighted by Gasteiger charge is -2.18. The minimum atomic E-state index is -5.52. The molecule has 0 aromatic heterocycles. The topological polar surface area (TPSA) is 84.9 Å². The number of nitrogens with one attached hydrogen (secondary N) is 1. The molecule has 0 aromatic carbocycles. The monoisotopic (exact) mass is 259 g/mol. The van der Waals surface area contributed by atoms with E-state index in [9.17, 15) is 17.2 Å². The van der Waals surface area contributed by atoms with Crippen LogP contribution in [0.5, 0.6) is 0 Å². The summed E-state index contributed by atoms with van der Waals surface area (Å²) >= 11 is 0. The van der Waals surface area contributed by atoms with Crippen LogP contribution in [0.4, 0.5) is 8.78 Å². The molecule has 1 fully saturated rings. The minimum absolute atomic E-state index is 0.177. The molecule has 0 saturated carbocycles. The summed E-state index contributed by atoms with van der Waals surface area (Å²) in [5.41, 5.74) is -1.13. The van der Waals surface area contributed by atoms with Crippen LogP contribution in [0.3, 0.4) is 0 Å². The van der Waals surface area contributed by atoms with Crippen LogP contribution >= 0.6 is 0 Å². The van der Waals surface area contributed by atoms with E-state index in [0.717, 1.165) is 0 Å². The van der Waals surface area contributed by atoms with Crippen molar-refractivity contribution in [2.75, 3.05) is 19.8 Å². The Labute approximate surface area is 91.0 Å². The number of hydrogen-bond acceptors (Lipinski definition) is 5. The molecule has 0 radical (unpaired) electrons. The molecule has 0 aromatic rings. The van der Waals surface area contributed by atoms with Crippen LogP contribution in [0.15, 0.2) is 12.3 Å². The van der Waals surface area contributed by atoms with E-state index >= 15 is 0 Å². The minimum Gasteiger partial charge on any atom is -0.378 e. The molecule has 0 unspecified atom stereocenters. The summed E-state index contributed by atoms with van der Waals surface area (Å²) in [6, 6.07) is 0. The summed E-state index contributed by atoms with van der Waals surface area (Å²) in [5.74, 6) is 0. The highest BCUT2D eigenvalue weighted by atomic mass is 32.2. The third-order valence-electron chi connectivity index (χ3n) is 1.85. The fourth-order valence-corrected chi connectivity index (χ4v) is 1.37. The van der Waals surface area contributed by atoms with Crippen LogP contribution in [-0.4, -0.2) is 44.3 Å². The lowest BCUT2D eigenvalue weighted by Crippen LogP contribution is -2.39. The van der Waals surface area contributed by atoms with Gasteiger partial charge >= 0.3 is 15.4 Å². The van der Waals surface area contributed by atoms with Crippen molar-refractivity contribution in [1.29, 1.82) is 0 Å². The Hall–Kier alpha value is -0.770. The average molecular weight is 259 g/mol. The van der Waals surface area contributed by atoms with E-state index < -0.39 is 27.4 Å². The lowest BCUT2D eigenvalue weighted by molar-refractivity contribution is -0.0391. The molecule has 1 rings (SSSR count). The van der Waals surface area contributed by atoms with Gasteiger partial charge in [0.1, 0.15) is 0 Å². The zero-order valence-corrected chi connectivity index (χ0v) is 8.97. The average Bonchev–Trinajstić information content (AvgIpc) is 2.64. The van der Waals surface area contributed by atoms with Gasteiger partial charge in [-0.15, -0.1) is 0 Å². The lowest BCUT2D eigenvalue weighted by atomic mass is 10.4. The van der Waals surface area contributed by atoms with Crippen LogP contribution in [-0.2, 0) is 19.6 Å². The maximum absolute atomic E-state index is 12.9. The first-order valence-electron chi connectivity index (χ1n) is 4.26. The molecule has 1 aliphatic heterocycles. The third kappa shape index (κ3) is 2.88. The summed E-state index contributed by atoms with van der Waals surface area (Å²) in [6.07, 6.45) is -0.728. The number of hydrogen-bond donors (Lipinski definition) is 2. The van der Waals surface area contributed by atoms with Gasteiger partial charge in [0.2, 0.25) is 0 Å². The Morgan fingerprint density at radius 3 is 2.44 bits per heavy atom. The highest BCUT2D eigenvalue weighted by Crippen LogP contribution is 2.26. The predicted octanol–water partition coefficient (Wildman–Crippen LogP) is -0.0568. The van der Waals surface area contributed by atoms with Crippen molar-refractivity contribution in [2.45, 2.75) is 11.5 Å². The summed E-state index contributed by atoms with van der Waals surface area (Å²) in [4.78, 5) is 0. The molecule has 16 heavy (non-hydrogen) atoms. The predicted molar refractivity (Wildman–Crippen MR) is 49.3 cm³/mol. The zero-order chi connectivity index (χ0) is 12.4. The first kappa shape index (κ1) is 13.3. The number of ether oxygens (including phenoxy) is 2. The van der Waals surface area contributed by atoms with Crippen molar-refractivity contribution in [3.05, 3.63) is 12.3 Å². The maximum atomic E-state index is 12.9. The standard InChI is InChI=1S/C7H11F2NO5S/c1-5(7(8,9)16(11,12)13)10-4-6-14-2-3-15-6/h6,10H,1-4H2,(H,11,12,13). The highest BCUT2D eigenvalue weighted by molar-refractivity contribution is 7.87. The van der Waals surface area contributed by atoms with E-state index in [-0.39, 0.29) is 6.54 Å². The molecular weight excluding hydrogens is 248 g/mol. The fraction of sp³-hybridized carbons (Fsp3) is 0.714. The van der Waals surface area contributed by atoms with Crippen molar-refractivity contribution < 1.29 is 31.2 Å². The second kappa shape index (κ2) is 4.62. The van der Waals surface area contributed by atoms with E-state index in [1.165, 1.54) is 0 Å². The number of halogens is 2. The van der Waals surface area contributed by atoms with Crippen molar-refractivity contribution in [3.8, 4) is 0 Å². The Morgan fingerprint density at radius 1 is 1.50 bits per heavy atom. The van der Waals surface area contributed by atoms with E-state index in [1.54, 1.807) is 0 Å². The molecule has 1 aliphatic rings. The van der Waals surface area contributed by atoms with Gasteiger partial charge in [-0.2, -0.15) is 17.2 Å². The molecule has 0 bridgehead atoms. The van der Waals surface area contributed by atoms with Crippen LogP contribution in [0.1, 0.15) is 0 Å². The van der Waals surface area contributed by atoms with Crippen molar-refractivity contribution in [2.24, 2.45) is 0 Å². The second-order valence-electron chi connectivity index (χ2n) is 3.02. The Morgan fingerprint density at radius 2 is 2.00 bits per heavy atom. The van der Waals surface area contributed by atoms with Crippen molar-refractivity contribution >= 4 is 10.1 Å². The molecule has 2 N–H and O–H groups in total. The molecule has 94 valence electrons. The van der Waals surface area contributed by atoms with Gasteiger partial charge < -0.3 is 14.8 Å². The van der Waals surface area contributed by atoms with Crippen molar-refractivity contribution in [1.82, 2.24) is 5.32 Å². The number of alkyl halides is 2. The Balaban J connectivity index is 2.51. The highest BCUT2D eigenvalue weighted by Gasteiger charge is 2.47. The van der Waals surface area contributed by atoms with Gasteiger partial charge in [0.15, 0.2) is 6.29 Å². The first-order valence-corrected chi connectivity index (χ1v) is 5.70. The van der Waals surface area contributed by atoms with Gasteiger partial charge in [-0.3, -0.25) is 4.55 Å². The largest absolute Gasteiger partial charge is 0.408 e. The van der Waals surface area contributed by atoms with Crippen molar-refractivity contribution in [3.63, 3.8) is 0 Å². The molecule has 1 heterocycles. The van der Waals surface area contributed by atoms with Gasteiger partial charge in [0.25, 0.3) is 0 Å². The Bertz CT molecular complexity index is 363. The van der Waals surface area contributed by atoms with E-state index in [4.69, 9.17) is 14.0 Å². The van der Waals surface area contributed by atoms with Crippen LogP contribution < -0.4 is 5.32 Å². The van der Waals surface area contributed by atoms with E-state index in [2.05, 4.69) is 6.58 Å². The maximum Gasteiger partial charge on any atom is 0.408 e. The molecule has 6 nitrogen and oxygen atoms in total. The molecule has 0 amide bonds. The van der Waals surface area contributed by atoms with Crippen LogP contribution in [0.2, 0.25) is 0 Å². The van der Waals surface area contributed by atoms with Crippen LogP contribution in [0, 0.1) is 0 Å². The van der Waals surface area contributed by atoms with Gasteiger partial charge in [0, 0.05) is 0 Å². The fourth-order valence-electron chi connectivity index (χ4n) is 0.990. The van der Waals surface area contributed by atoms with Gasteiger partial charge in [-0.1, -0.05) is 6.58 Å². The van der Waals surface area contributed by atoms with Gasteiger partial charge in [-0.05, 0) is 0 Å². The molecule has 1 saturated heterocycles. The Kier molecular flexibility index (Phi) is 3.84. The second-order valence-corrected chi connectivity index (χ2v) is 4.49. The SMILES string of the molecule is C=C(NCC1OCCO1)C(F)(F)S(=O)(=O)O. The molecular formula is C7H11F2NO5S. The smallest absolute Gasteiger partial charge is 0.378 e. The van der Waals surface area contributed by atoms with Gasteiger partial charge in [0.05, 0.1) is 25.5 Å². The van der Waals surface area contributed by atoms with E-state index in [0.29, 0.717) is 13.2 Å². The van der Waals surface area contributed by atoms with Gasteiger partial charge in [-0.25, -0.2) is 0 Å².